The highest BCUT2D eigenvalue weighted by Gasteiger charge is 2.00. The lowest BCUT2D eigenvalue weighted by Gasteiger charge is -2.18. The van der Waals surface area contributed by atoms with Gasteiger partial charge < -0.3 is 10.0 Å². The van der Waals surface area contributed by atoms with Crippen LogP contribution in [0.3, 0.4) is 0 Å². The number of rotatable bonds is 10. The van der Waals surface area contributed by atoms with E-state index in [4.69, 9.17) is 5.11 Å². The van der Waals surface area contributed by atoms with Crippen molar-refractivity contribution in [2.75, 3.05) is 18.5 Å². The monoisotopic (exact) mass is 263 g/mol. The first-order chi connectivity index (χ1) is 9.20. The fourth-order valence-corrected chi connectivity index (χ4v) is 2.14. The summed E-state index contributed by atoms with van der Waals surface area (Å²) in [6, 6.07) is 10.4. The predicted octanol–water partition coefficient (Wildman–Crippen LogP) is 3.94. The van der Waals surface area contributed by atoms with E-state index in [1.807, 2.05) is 6.07 Å². The summed E-state index contributed by atoms with van der Waals surface area (Å²) in [6.45, 7) is 1.08. The standard InChI is InChI=1S/C16H25NO2/c1-17(15-11-7-6-8-12-15)14-10-5-3-2-4-9-13-16(18)19/h6-8,11-12H,2-5,9-10,13-14H2,1H3,(H,18,19). The van der Waals surface area contributed by atoms with E-state index >= 15 is 0 Å². The molecule has 0 aliphatic rings. The average molecular weight is 263 g/mol. The Morgan fingerprint density at radius 3 is 2.21 bits per heavy atom. The molecule has 0 saturated heterocycles. The van der Waals surface area contributed by atoms with E-state index < -0.39 is 5.97 Å². The molecular formula is C16H25NO2. The maximum absolute atomic E-state index is 10.3. The van der Waals surface area contributed by atoms with Crippen LogP contribution in [-0.2, 0) is 4.79 Å². The summed E-state index contributed by atoms with van der Waals surface area (Å²) in [5.74, 6) is -0.676. The van der Waals surface area contributed by atoms with Crippen molar-refractivity contribution in [1.82, 2.24) is 0 Å². The molecule has 0 saturated carbocycles. The van der Waals surface area contributed by atoms with Gasteiger partial charge in [0.15, 0.2) is 0 Å². The van der Waals surface area contributed by atoms with Crippen molar-refractivity contribution < 1.29 is 9.90 Å². The fourth-order valence-electron chi connectivity index (χ4n) is 2.14. The molecule has 0 atom stereocenters. The van der Waals surface area contributed by atoms with E-state index in [0.717, 1.165) is 25.8 Å². The summed E-state index contributed by atoms with van der Waals surface area (Å²) in [6.07, 6.45) is 6.97. The van der Waals surface area contributed by atoms with Gasteiger partial charge in [-0.2, -0.15) is 0 Å². The number of hydrogen-bond donors (Lipinski definition) is 1. The number of carbonyl (C=O) groups is 1. The van der Waals surface area contributed by atoms with Crippen molar-refractivity contribution >= 4 is 11.7 Å². The van der Waals surface area contributed by atoms with Crippen molar-refractivity contribution in [3.05, 3.63) is 30.3 Å². The molecule has 0 amide bonds. The average Bonchev–Trinajstić information content (AvgIpc) is 2.42. The molecule has 1 N–H and O–H groups in total. The molecule has 0 aliphatic carbocycles. The van der Waals surface area contributed by atoms with Crippen LogP contribution in [0.25, 0.3) is 0 Å². The van der Waals surface area contributed by atoms with Gasteiger partial charge >= 0.3 is 5.97 Å². The molecule has 0 spiro atoms. The molecule has 3 heteroatoms. The van der Waals surface area contributed by atoms with Gasteiger partial charge in [-0.15, -0.1) is 0 Å². The summed E-state index contributed by atoms with van der Waals surface area (Å²) in [7, 11) is 2.13. The molecule has 3 nitrogen and oxygen atoms in total. The van der Waals surface area contributed by atoms with Gasteiger partial charge in [0, 0.05) is 25.7 Å². The van der Waals surface area contributed by atoms with Crippen LogP contribution in [0.2, 0.25) is 0 Å². The maximum Gasteiger partial charge on any atom is 0.303 e. The molecule has 1 rings (SSSR count). The van der Waals surface area contributed by atoms with Crippen LogP contribution < -0.4 is 4.90 Å². The molecule has 0 unspecified atom stereocenters. The number of unbranched alkanes of at least 4 members (excludes halogenated alkanes) is 5. The van der Waals surface area contributed by atoms with Gasteiger partial charge in [-0.05, 0) is 25.0 Å². The SMILES string of the molecule is CN(CCCCCCCCC(=O)O)c1ccccc1. The third-order valence-corrected chi connectivity index (χ3v) is 3.33. The van der Waals surface area contributed by atoms with Gasteiger partial charge in [0.25, 0.3) is 0 Å². The van der Waals surface area contributed by atoms with Crippen LogP contribution >= 0.6 is 0 Å². The molecule has 0 heterocycles. The Labute approximate surface area is 116 Å². The van der Waals surface area contributed by atoms with E-state index in [9.17, 15) is 4.79 Å². The molecule has 0 bridgehead atoms. The minimum absolute atomic E-state index is 0.316. The Balaban J connectivity index is 1.98. The molecule has 1 aromatic carbocycles. The van der Waals surface area contributed by atoms with Crippen molar-refractivity contribution in [1.29, 1.82) is 0 Å². The normalized spacial score (nSPS) is 10.4. The third-order valence-electron chi connectivity index (χ3n) is 3.33. The number of carboxylic acid groups (broad SMARTS) is 1. The first kappa shape index (κ1) is 15.5. The van der Waals surface area contributed by atoms with Gasteiger partial charge in [0.05, 0.1) is 0 Å². The third kappa shape index (κ3) is 7.50. The van der Waals surface area contributed by atoms with Gasteiger partial charge in [-0.25, -0.2) is 0 Å². The number of nitrogens with zero attached hydrogens (tertiary/aromatic N) is 1. The minimum Gasteiger partial charge on any atom is -0.481 e. The van der Waals surface area contributed by atoms with Crippen LogP contribution in [-0.4, -0.2) is 24.7 Å². The molecule has 19 heavy (non-hydrogen) atoms. The Morgan fingerprint density at radius 1 is 1.00 bits per heavy atom. The van der Waals surface area contributed by atoms with Gasteiger partial charge in [0.2, 0.25) is 0 Å². The summed E-state index contributed by atoms with van der Waals surface area (Å²) in [5.41, 5.74) is 1.27. The summed E-state index contributed by atoms with van der Waals surface area (Å²) < 4.78 is 0. The number of anilines is 1. The van der Waals surface area contributed by atoms with E-state index in [1.165, 1.54) is 24.9 Å². The van der Waals surface area contributed by atoms with Crippen molar-refractivity contribution in [2.24, 2.45) is 0 Å². The summed E-state index contributed by atoms with van der Waals surface area (Å²) in [4.78, 5) is 12.6. The Bertz CT molecular complexity index is 351. The highest BCUT2D eigenvalue weighted by atomic mass is 16.4. The van der Waals surface area contributed by atoms with Crippen LogP contribution in [0.1, 0.15) is 44.9 Å². The number of para-hydroxylation sites is 1. The molecule has 1 aromatic rings. The van der Waals surface area contributed by atoms with Gasteiger partial charge in [-0.1, -0.05) is 43.9 Å². The number of carboxylic acids is 1. The highest BCUT2D eigenvalue weighted by Crippen LogP contribution is 2.13. The molecular weight excluding hydrogens is 238 g/mol. The molecule has 0 fully saturated rings. The van der Waals surface area contributed by atoms with Gasteiger partial charge in [-0.3, -0.25) is 4.79 Å². The van der Waals surface area contributed by atoms with E-state index in [-0.39, 0.29) is 0 Å². The topological polar surface area (TPSA) is 40.5 Å². The number of benzene rings is 1. The first-order valence-corrected chi connectivity index (χ1v) is 7.18. The summed E-state index contributed by atoms with van der Waals surface area (Å²) >= 11 is 0. The molecule has 0 radical (unpaired) electrons. The van der Waals surface area contributed by atoms with Crippen molar-refractivity contribution in [2.45, 2.75) is 44.9 Å². The number of aliphatic carboxylic acids is 1. The van der Waals surface area contributed by atoms with Crippen LogP contribution in [0.5, 0.6) is 0 Å². The second-order valence-corrected chi connectivity index (χ2v) is 5.02. The van der Waals surface area contributed by atoms with Crippen molar-refractivity contribution in [3.8, 4) is 0 Å². The zero-order valence-corrected chi connectivity index (χ0v) is 11.8. The fraction of sp³-hybridized carbons (Fsp3) is 0.562. The van der Waals surface area contributed by atoms with Crippen LogP contribution in [0.4, 0.5) is 5.69 Å². The van der Waals surface area contributed by atoms with Crippen LogP contribution in [0, 0.1) is 0 Å². The Morgan fingerprint density at radius 2 is 1.58 bits per heavy atom. The van der Waals surface area contributed by atoms with E-state index in [2.05, 4.69) is 36.2 Å². The lowest BCUT2D eigenvalue weighted by molar-refractivity contribution is -0.137. The second-order valence-electron chi connectivity index (χ2n) is 5.02. The van der Waals surface area contributed by atoms with Crippen LogP contribution in [0.15, 0.2) is 30.3 Å². The quantitative estimate of drug-likeness (QED) is 0.650. The minimum atomic E-state index is -0.676. The predicted molar refractivity (Wildman–Crippen MR) is 79.7 cm³/mol. The van der Waals surface area contributed by atoms with E-state index in [1.54, 1.807) is 0 Å². The largest absolute Gasteiger partial charge is 0.481 e. The molecule has 106 valence electrons. The zero-order valence-electron chi connectivity index (χ0n) is 11.8. The highest BCUT2D eigenvalue weighted by molar-refractivity contribution is 5.66. The first-order valence-electron chi connectivity index (χ1n) is 7.18. The van der Waals surface area contributed by atoms with E-state index in [0.29, 0.717) is 6.42 Å². The lowest BCUT2D eigenvalue weighted by Crippen LogP contribution is -2.18. The van der Waals surface area contributed by atoms with Gasteiger partial charge in [0.1, 0.15) is 0 Å². The number of hydrogen-bond acceptors (Lipinski definition) is 2. The van der Waals surface area contributed by atoms with Crippen molar-refractivity contribution in [3.63, 3.8) is 0 Å². The molecule has 0 aliphatic heterocycles. The maximum atomic E-state index is 10.3. The molecule has 0 aromatic heterocycles. The Kier molecular flexibility index (Phi) is 7.71. The lowest BCUT2D eigenvalue weighted by atomic mass is 10.1. The summed E-state index contributed by atoms with van der Waals surface area (Å²) in [5, 5.41) is 8.52. The Hall–Kier alpha value is -1.51. The smallest absolute Gasteiger partial charge is 0.303 e. The zero-order chi connectivity index (χ0) is 13.9. The second kappa shape index (κ2) is 9.42.